The second-order valence-corrected chi connectivity index (χ2v) is 28.9. The van der Waals surface area contributed by atoms with Crippen molar-refractivity contribution < 1.29 is 86.4 Å². The van der Waals surface area contributed by atoms with Crippen LogP contribution in [0.2, 0.25) is 38.3 Å². The van der Waals surface area contributed by atoms with Crippen LogP contribution >= 0.6 is 0 Å². The Morgan fingerprint density at radius 2 is 0.646 bits per heavy atom. The lowest BCUT2D eigenvalue weighted by molar-refractivity contribution is -0.0541. The number of sulfonamides is 4. The second kappa shape index (κ2) is 13.9. The van der Waals surface area contributed by atoms with Gasteiger partial charge in [0.25, 0.3) is 0 Å². The zero-order chi connectivity index (χ0) is 38.4. The number of halogens is 12. The molecular formula is C20H28F12N2O8S4Si2. The predicted molar refractivity (Wildman–Crippen MR) is 153 cm³/mol. The third-order valence-electron chi connectivity index (χ3n) is 6.98. The third-order valence-corrected chi connectivity index (χ3v) is 21.5. The maximum atomic E-state index is 13.0. The maximum absolute atomic E-state index is 13.0. The molecule has 0 aliphatic rings. The van der Waals surface area contributed by atoms with Gasteiger partial charge in [-0.2, -0.15) is 52.7 Å². The Labute approximate surface area is 270 Å². The average molecular weight is 837 g/mol. The highest BCUT2D eigenvalue weighted by Crippen LogP contribution is 2.37. The number of rotatable bonds is 14. The van der Waals surface area contributed by atoms with Gasteiger partial charge < -0.3 is 0 Å². The molecule has 1 aromatic rings. The first-order valence-corrected chi connectivity index (χ1v) is 25.0. The smallest absolute Gasteiger partial charge is 0.202 e. The van der Waals surface area contributed by atoms with Crippen LogP contribution in [-0.2, 0) is 40.1 Å². The van der Waals surface area contributed by atoms with Gasteiger partial charge >= 0.3 is 62.1 Å². The molecule has 0 atom stereocenters. The highest BCUT2D eigenvalue weighted by Gasteiger charge is 2.62. The van der Waals surface area contributed by atoms with Crippen molar-refractivity contribution in [1.29, 1.82) is 0 Å². The van der Waals surface area contributed by atoms with Gasteiger partial charge in [0.1, 0.15) is 0 Å². The lowest BCUT2D eigenvalue weighted by Gasteiger charge is -2.28. The van der Waals surface area contributed by atoms with Gasteiger partial charge in [0, 0.05) is 13.1 Å². The van der Waals surface area contributed by atoms with Crippen molar-refractivity contribution in [2.45, 2.75) is 73.2 Å². The van der Waals surface area contributed by atoms with E-state index in [0.29, 0.717) is 10.4 Å². The van der Waals surface area contributed by atoms with Crippen molar-refractivity contribution in [3.63, 3.8) is 0 Å². The van der Waals surface area contributed by atoms with Crippen LogP contribution in [0.4, 0.5) is 52.7 Å². The topological polar surface area (TPSA) is 143 Å². The van der Waals surface area contributed by atoms with Gasteiger partial charge in [-0.3, -0.25) is 0 Å². The molecule has 0 N–H and O–H groups in total. The summed E-state index contributed by atoms with van der Waals surface area (Å²) in [7, 11) is -33.6. The van der Waals surface area contributed by atoms with Gasteiger partial charge in [-0.15, -0.1) is 0 Å². The molecule has 0 saturated carbocycles. The summed E-state index contributed by atoms with van der Waals surface area (Å²) in [6.07, 6.45) is -1.52. The summed E-state index contributed by atoms with van der Waals surface area (Å²) in [5.41, 5.74) is -25.5. The molecule has 0 amide bonds. The van der Waals surface area contributed by atoms with E-state index in [0.717, 1.165) is 0 Å². The Morgan fingerprint density at radius 1 is 0.458 bits per heavy atom. The number of hydrogen-bond donors (Lipinski definition) is 0. The SMILES string of the molecule is C[Si](C)(CCCN(S(=O)(=O)C(F)(F)F)S(=O)(=O)C(F)(F)F)c1ccc([Si](C)(C)CCCN(S(=O)(=O)C(F)(F)F)S(=O)(=O)C(F)(F)F)cc1. The molecule has 0 aliphatic carbocycles. The highest BCUT2D eigenvalue weighted by molar-refractivity contribution is 8.05. The van der Waals surface area contributed by atoms with E-state index >= 15 is 0 Å². The summed E-state index contributed by atoms with van der Waals surface area (Å²) in [6, 6.07) is 5.31. The summed E-state index contributed by atoms with van der Waals surface area (Å²) in [5, 5.41) is 0.942. The zero-order valence-corrected chi connectivity index (χ0v) is 30.1. The van der Waals surface area contributed by atoms with Crippen molar-refractivity contribution in [3.05, 3.63) is 24.3 Å². The van der Waals surface area contributed by atoms with Crippen LogP contribution < -0.4 is 10.4 Å². The fraction of sp³-hybridized carbons (Fsp3) is 0.700. The van der Waals surface area contributed by atoms with E-state index in [1.54, 1.807) is 26.2 Å². The monoisotopic (exact) mass is 836 g/mol. The Kier molecular flexibility index (Phi) is 12.9. The van der Waals surface area contributed by atoms with Crippen LogP contribution in [0.1, 0.15) is 12.8 Å². The van der Waals surface area contributed by atoms with Gasteiger partial charge in [-0.05, 0) is 12.8 Å². The van der Waals surface area contributed by atoms with Crippen molar-refractivity contribution in [2.75, 3.05) is 13.1 Å². The number of alkyl halides is 12. The minimum Gasteiger partial charge on any atom is -0.202 e. The Hall–Kier alpha value is -1.47. The van der Waals surface area contributed by atoms with E-state index in [1.165, 1.54) is 24.3 Å². The summed E-state index contributed by atoms with van der Waals surface area (Å²) < 4.78 is 246. The minimum atomic E-state index is -6.96. The quantitative estimate of drug-likeness (QED) is 0.200. The molecule has 0 fully saturated rings. The van der Waals surface area contributed by atoms with Crippen LogP contribution in [0.15, 0.2) is 24.3 Å². The van der Waals surface area contributed by atoms with E-state index in [1.807, 2.05) is 0 Å². The summed E-state index contributed by atoms with van der Waals surface area (Å²) >= 11 is 0. The van der Waals surface area contributed by atoms with Gasteiger partial charge in [-0.25, -0.2) is 33.7 Å². The molecule has 0 aliphatic heterocycles. The lowest BCUT2D eigenvalue weighted by atomic mass is 10.4. The van der Waals surface area contributed by atoms with Crippen LogP contribution in [0.25, 0.3) is 0 Å². The largest absolute Gasteiger partial charge is 0.512 e. The minimum absolute atomic E-state index is 0.235. The molecule has 0 heterocycles. The lowest BCUT2D eigenvalue weighted by Crippen LogP contribution is -2.50. The number of nitrogens with zero attached hydrogens (tertiary/aromatic N) is 2. The highest BCUT2D eigenvalue weighted by atomic mass is 32.3. The molecule has 0 spiro atoms. The molecule has 0 radical (unpaired) electrons. The first kappa shape index (κ1) is 44.6. The maximum Gasteiger partial charge on any atom is 0.512 e. The summed E-state index contributed by atoms with van der Waals surface area (Å²) in [5.74, 6) is 0. The molecule has 0 bridgehead atoms. The zero-order valence-electron chi connectivity index (χ0n) is 24.9. The molecule has 28 heteroatoms. The second-order valence-electron chi connectivity index (χ2n) is 11.3. The molecule has 48 heavy (non-hydrogen) atoms. The molecule has 0 unspecified atom stereocenters. The third kappa shape index (κ3) is 9.44. The van der Waals surface area contributed by atoms with Crippen LogP contribution in [0, 0.1) is 0 Å². The molecule has 1 rings (SSSR count). The predicted octanol–water partition coefficient (Wildman–Crippen LogP) is 4.30. The van der Waals surface area contributed by atoms with E-state index in [-0.39, 0.29) is 12.1 Å². The first-order valence-electron chi connectivity index (χ1n) is 12.8. The van der Waals surface area contributed by atoms with Gasteiger partial charge in [-0.1, -0.05) is 80.3 Å². The fourth-order valence-electron chi connectivity index (χ4n) is 4.16. The van der Waals surface area contributed by atoms with Crippen LogP contribution in [-0.4, -0.2) is 92.4 Å². The Balaban J connectivity index is 3.20. The summed E-state index contributed by atoms with van der Waals surface area (Å²) in [4.78, 5) is 0. The van der Waals surface area contributed by atoms with E-state index < -0.39 is 112 Å². The molecule has 10 nitrogen and oxygen atoms in total. The molecular weight excluding hydrogens is 809 g/mol. The van der Waals surface area contributed by atoms with Gasteiger partial charge in [0.2, 0.25) is 0 Å². The van der Waals surface area contributed by atoms with E-state index in [2.05, 4.69) is 0 Å². The van der Waals surface area contributed by atoms with Gasteiger partial charge in [0.15, 0.2) is 0 Å². The molecule has 0 aromatic heterocycles. The number of benzene rings is 1. The molecule has 0 saturated heterocycles. The average Bonchev–Trinajstić information content (AvgIpc) is 2.86. The Morgan fingerprint density at radius 3 is 0.812 bits per heavy atom. The Bertz CT molecular complexity index is 1520. The van der Waals surface area contributed by atoms with E-state index in [9.17, 15) is 86.4 Å². The van der Waals surface area contributed by atoms with Crippen molar-refractivity contribution in [2.24, 2.45) is 0 Å². The fourth-order valence-corrected chi connectivity index (χ4v) is 14.4. The molecule has 1 aromatic carbocycles. The first-order chi connectivity index (χ1) is 20.9. The summed E-state index contributed by atoms with van der Waals surface area (Å²) in [6.45, 7) is 2.85. The van der Waals surface area contributed by atoms with Crippen molar-refractivity contribution in [3.8, 4) is 0 Å². The van der Waals surface area contributed by atoms with Crippen molar-refractivity contribution in [1.82, 2.24) is 7.42 Å². The van der Waals surface area contributed by atoms with Crippen molar-refractivity contribution >= 4 is 66.6 Å². The molecule has 282 valence electrons. The van der Waals surface area contributed by atoms with Gasteiger partial charge in [0.05, 0.1) is 16.1 Å². The number of hydrogen-bond acceptors (Lipinski definition) is 8. The van der Waals surface area contributed by atoms with Crippen LogP contribution in [0.3, 0.4) is 0 Å². The standard InChI is InChI=1S/C20H28F12N2O8S4Si2/c1-47(2,13-5-11-33(43(35,36)17(21,22)23)44(37,38)18(24,25)26)15-7-9-16(10-8-15)48(3,4)14-6-12-34(45(39,40)19(27,28)29)46(41,42)20(30,31)32/h7-10H,5-6,11-14H2,1-4H3. The van der Waals surface area contributed by atoms with E-state index in [4.69, 9.17) is 0 Å². The normalized spacial score (nSPS) is 15.4. The van der Waals surface area contributed by atoms with Crippen LogP contribution in [0.5, 0.6) is 0 Å².